The number of benzene rings is 1. The van der Waals surface area contributed by atoms with E-state index in [1.54, 1.807) is 0 Å². The molecule has 1 aromatic carbocycles. The van der Waals surface area contributed by atoms with Gasteiger partial charge in [-0.1, -0.05) is 6.07 Å². The number of aromatic nitrogens is 2. The van der Waals surface area contributed by atoms with Crippen LogP contribution in [0.1, 0.15) is 30.4 Å². The number of likely N-dealkylation sites (tertiary alicyclic amines) is 1. The minimum Gasteiger partial charge on any atom is -0.491 e. The minimum absolute atomic E-state index is 0.109. The average Bonchev–Trinajstić information content (AvgIpc) is 2.93. The van der Waals surface area contributed by atoms with Crippen LogP contribution < -0.4 is 21.3 Å². The van der Waals surface area contributed by atoms with Gasteiger partial charge in [-0.05, 0) is 62.9 Å². The smallest absolute Gasteiger partial charge is 0.332 e. The molecule has 174 valence electrons. The first kappa shape index (κ1) is 23.7. The van der Waals surface area contributed by atoms with E-state index < -0.39 is 16.9 Å². The lowest BCUT2D eigenvalue weighted by atomic mass is 9.96. The van der Waals surface area contributed by atoms with E-state index in [0.29, 0.717) is 25.9 Å². The van der Waals surface area contributed by atoms with Gasteiger partial charge in [0.05, 0.1) is 12.1 Å². The van der Waals surface area contributed by atoms with Gasteiger partial charge in [0.25, 0.3) is 5.56 Å². The highest BCUT2D eigenvalue weighted by Crippen LogP contribution is 2.25. The number of carbonyl (C=O) groups is 1. The lowest BCUT2D eigenvalue weighted by molar-refractivity contribution is -0.117. The zero-order chi connectivity index (χ0) is 23.5. The predicted octanol–water partition coefficient (Wildman–Crippen LogP) is 0.935. The maximum absolute atomic E-state index is 12.5. The molecule has 0 bridgehead atoms. The molecule has 1 saturated heterocycles. The molecule has 1 atom stereocenters. The predicted molar refractivity (Wildman–Crippen MR) is 122 cm³/mol. The van der Waals surface area contributed by atoms with Crippen molar-refractivity contribution in [1.82, 2.24) is 14.0 Å². The fourth-order valence-electron chi connectivity index (χ4n) is 3.80. The topological polar surface area (TPSA) is 106 Å². The van der Waals surface area contributed by atoms with Gasteiger partial charge < -0.3 is 15.2 Å². The third kappa shape index (κ3) is 5.66. The Hall–Kier alpha value is -2.91. The van der Waals surface area contributed by atoms with Crippen molar-refractivity contribution < 1.29 is 14.6 Å². The van der Waals surface area contributed by atoms with Crippen LogP contribution in [0.2, 0.25) is 0 Å². The Bertz CT molecular complexity index is 1110. The second-order valence-electron chi connectivity index (χ2n) is 8.71. The monoisotopic (exact) mass is 444 g/mol. The summed E-state index contributed by atoms with van der Waals surface area (Å²) in [7, 11) is 2.89. The molecule has 0 radical (unpaired) electrons. The van der Waals surface area contributed by atoms with Crippen molar-refractivity contribution in [3.8, 4) is 5.75 Å². The van der Waals surface area contributed by atoms with Crippen molar-refractivity contribution in [3.05, 3.63) is 56.2 Å². The molecule has 1 fully saturated rings. The maximum atomic E-state index is 12.5. The highest BCUT2D eigenvalue weighted by molar-refractivity contribution is 5.91. The van der Waals surface area contributed by atoms with Crippen LogP contribution in [-0.2, 0) is 18.9 Å². The van der Waals surface area contributed by atoms with Crippen molar-refractivity contribution in [3.63, 3.8) is 0 Å². The Balaban J connectivity index is 1.55. The molecule has 1 aliphatic heterocycles. The number of amides is 1. The van der Waals surface area contributed by atoms with Gasteiger partial charge in [0.15, 0.2) is 0 Å². The van der Waals surface area contributed by atoms with Crippen LogP contribution in [0.3, 0.4) is 0 Å². The lowest BCUT2D eigenvalue weighted by Crippen LogP contribution is -2.40. The van der Waals surface area contributed by atoms with Crippen LogP contribution in [0.5, 0.6) is 5.75 Å². The van der Waals surface area contributed by atoms with Crippen molar-refractivity contribution in [2.75, 3.05) is 31.6 Å². The van der Waals surface area contributed by atoms with E-state index in [1.807, 2.05) is 36.9 Å². The second kappa shape index (κ2) is 9.70. The number of ether oxygens (including phenoxy) is 1. The number of carbonyl (C=O) groups excluding carboxylic acids is 1. The van der Waals surface area contributed by atoms with Gasteiger partial charge in [0.1, 0.15) is 18.2 Å². The van der Waals surface area contributed by atoms with Gasteiger partial charge in [0.2, 0.25) is 5.91 Å². The second-order valence-corrected chi connectivity index (χ2v) is 8.71. The third-order valence-electron chi connectivity index (χ3n) is 6.16. The quantitative estimate of drug-likeness (QED) is 0.687. The summed E-state index contributed by atoms with van der Waals surface area (Å²) in [5, 5.41) is 13.7. The molecule has 32 heavy (non-hydrogen) atoms. The maximum Gasteiger partial charge on any atom is 0.332 e. The number of hydrogen-bond donors (Lipinski definition) is 2. The summed E-state index contributed by atoms with van der Waals surface area (Å²) in [5.74, 6) is 0.586. The summed E-state index contributed by atoms with van der Waals surface area (Å²) in [6, 6.07) is 7.10. The van der Waals surface area contributed by atoms with Gasteiger partial charge in [-0.2, -0.15) is 0 Å². The van der Waals surface area contributed by atoms with Crippen molar-refractivity contribution in [1.29, 1.82) is 0 Å². The van der Waals surface area contributed by atoms with Crippen molar-refractivity contribution >= 4 is 11.7 Å². The summed E-state index contributed by atoms with van der Waals surface area (Å²) < 4.78 is 8.07. The molecule has 9 nitrogen and oxygen atoms in total. The zero-order valence-electron chi connectivity index (χ0n) is 19.2. The summed E-state index contributed by atoms with van der Waals surface area (Å²) in [6.07, 6.45) is 1.79. The van der Waals surface area contributed by atoms with Crippen LogP contribution in [0, 0.1) is 13.8 Å². The molecule has 3 rings (SSSR count). The standard InChI is InChI=1S/C23H32N4O5/c1-16-6-7-18(12-17(16)2)32-15-23(31)8-5-10-27(11-9-23)14-20(28)24-19-13-21(29)26(4)22(30)25(19)3/h6-7,12-13,31H,5,8-11,14-15H2,1-4H3,(H,24,28). The third-order valence-corrected chi connectivity index (χ3v) is 6.16. The van der Waals surface area contributed by atoms with E-state index in [9.17, 15) is 19.5 Å². The van der Waals surface area contributed by atoms with Crippen LogP contribution >= 0.6 is 0 Å². The summed E-state index contributed by atoms with van der Waals surface area (Å²) in [4.78, 5) is 38.4. The summed E-state index contributed by atoms with van der Waals surface area (Å²) in [6.45, 7) is 5.57. The zero-order valence-corrected chi connectivity index (χ0v) is 19.2. The number of rotatable bonds is 6. The first-order valence-corrected chi connectivity index (χ1v) is 10.8. The van der Waals surface area contributed by atoms with Gasteiger partial charge in [-0.15, -0.1) is 0 Å². The molecule has 2 aromatic rings. The Morgan fingerprint density at radius 3 is 2.56 bits per heavy atom. The Labute approximate surface area is 187 Å². The Kier molecular flexibility index (Phi) is 7.20. The fraction of sp³-hybridized carbons (Fsp3) is 0.522. The van der Waals surface area contributed by atoms with E-state index in [1.165, 1.54) is 30.3 Å². The van der Waals surface area contributed by atoms with Crippen LogP contribution in [0.4, 0.5) is 5.82 Å². The molecule has 0 spiro atoms. The normalized spacial score (nSPS) is 19.4. The molecule has 1 unspecified atom stereocenters. The largest absolute Gasteiger partial charge is 0.491 e. The van der Waals surface area contributed by atoms with E-state index in [2.05, 4.69) is 5.32 Å². The Morgan fingerprint density at radius 1 is 1.09 bits per heavy atom. The van der Waals surface area contributed by atoms with Gasteiger partial charge >= 0.3 is 5.69 Å². The molecule has 9 heteroatoms. The lowest BCUT2D eigenvalue weighted by Gasteiger charge is -2.27. The molecule has 2 N–H and O–H groups in total. The number of aryl methyl sites for hydroxylation is 2. The molecule has 2 heterocycles. The molecule has 0 aliphatic carbocycles. The Morgan fingerprint density at radius 2 is 1.84 bits per heavy atom. The van der Waals surface area contributed by atoms with E-state index in [4.69, 9.17) is 4.74 Å². The number of hydrogen-bond acceptors (Lipinski definition) is 6. The highest BCUT2D eigenvalue weighted by Gasteiger charge is 2.31. The SMILES string of the molecule is Cc1ccc(OCC2(O)CCCN(CC(=O)Nc3cc(=O)n(C)c(=O)n3C)CC2)cc1C. The molecular formula is C23H32N4O5. The van der Waals surface area contributed by atoms with Gasteiger partial charge in [-0.25, -0.2) is 4.79 Å². The molecule has 0 saturated carbocycles. The van der Waals surface area contributed by atoms with Crippen LogP contribution in [0.15, 0.2) is 33.9 Å². The molecular weight excluding hydrogens is 412 g/mol. The number of anilines is 1. The fourth-order valence-corrected chi connectivity index (χ4v) is 3.80. The first-order chi connectivity index (χ1) is 15.1. The summed E-state index contributed by atoms with van der Waals surface area (Å²) >= 11 is 0. The number of aliphatic hydroxyl groups is 1. The first-order valence-electron chi connectivity index (χ1n) is 10.8. The van der Waals surface area contributed by atoms with E-state index >= 15 is 0 Å². The van der Waals surface area contributed by atoms with Gasteiger partial charge in [-0.3, -0.25) is 23.6 Å². The van der Waals surface area contributed by atoms with Crippen LogP contribution in [-0.4, -0.2) is 56.9 Å². The van der Waals surface area contributed by atoms with Crippen molar-refractivity contribution in [2.24, 2.45) is 14.1 Å². The number of nitrogens with zero attached hydrogens (tertiary/aromatic N) is 3. The minimum atomic E-state index is -0.959. The molecule has 1 aromatic heterocycles. The van der Waals surface area contributed by atoms with E-state index in [-0.39, 0.29) is 24.9 Å². The van der Waals surface area contributed by atoms with Crippen LogP contribution in [0.25, 0.3) is 0 Å². The summed E-state index contributed by atoms with van der Waals surface area (Å²) in [5.41, 5.74) is 0.389. The average molecular weight is 445 g/mol. The molecule has 1 aliphatic rings. The number of nitrogens with one attached hydrogen (secondary N) is 1. The van der Waals surface area contributed by atoms with Crippen molar-refractivity contribution in [2.45, 2.75) is 38.7 Å². The highest BCUT2D eigenvalue weighted by atomic mass is 16.5. The van der Waals surface area contributed by atoms with E-state index in [0.717, 1.165) is 22.3 Å². The van der Waals surface area contributed by atoms with Gasteiger partial charge in [0, 0.05) is 26.7 Å². The molecule has 1 amide bonds.